The summed E-state index contributed by atoms with van der Waals surface area (Å²) in [6, 6.07) is 0. The Kier molecular flexibility index (Phi) is 1.72. The van der Waals surface area contributed by atoms with Crippen LogP contribution in [0.15, 0.2) is 4.99 Å². The first kappa shape index (κ1) is 7.86. The maximum Gasteiger partial charge on any atom is 0.191 e. The summed E-state index contributed by atoms with van der Waals surface area (Å²) in [6.45, 7) is 3.07. The zero-order chi connectivity index (χ0) is 8.60. The fourth-order valence-corrected chi connectivity index (χ4v) is 2.07. The summed E-state index contributed by atoms with van der Waals surface area (Å²) in [5, 5.41) is 3.35. The third-order valence-corrected chi connectivity index (χ3v) is 3.12. The van der Waals surface area contributed by atoms with Gasteiger partial charge in [0.15, 0.2) is 5.96 Å². The lowest BCUT2D eigenvalue weighted by atomic mass is 9.88. The third-order valence-electron chi connectivity index (χ3n) is 3.12. The second kappa shape index (κ2) is 2.62. The average molecular weight is 168 g/mol. The van der Waals surface area contributed by atoms with Crippen molar-refractivity contribution in [2.75, 3.05) is 26.7 Å². The van der Waals surface area contributed by atoms with Crippen LogP contribution in [0.3, 0.4) is 0 Å². The quantitative estimate of drug-likeness (QED) is 0.506. The lowest BCUT2D eigenvalue weighted by molar-refractivity contribution is 0.176. The molecule has 4 nitrogen and oxygen atoms in total. The molecule has 0 saturated carbocycles. The third kappa shape index (κ3) is 0.982. The molecular formula is C8H16N4. The van der Waals surface area contributed by atoms with E-state index >= 15 is 0 Å². The van der Waals surface area contributed by atoms with Crippen LogP contribution in [0.1, 0.15) is 12.8 Å². The normalized spacial score (nSPS) is 27.8. The molecule has 0 aliphatic carbocycles. The highest BCUT2D eigenvalue weighted by Crippen LogP contribution is 2.28. The summed E-state index contributed by atoms with van der Waals surface area (Å²) in [5.74, 6) is 0.705. The van der Waals surface area contributed by atoms with E-state index in [4.69, 9.17) is 5.73 Å². The Morgan fingerprint density at radius 2 is 2.17 bits per heavy atom. The zero-order valence-corrected chi connectivity index (χ0v) is 7.51. The first-order chi connectivity index (χ1) is 5.75. The lowest BCUT2D eigenvalue weighted by Crippen LogP contribution is -2.54. The maximum atomic E-state index is 5.74. The summed E-state index contributed by atoms with van der Waals surface area (Å²) in [7, 11) is 2.05. The molecule has 3 N–H and O–H groups in total. The first-order valence-electron chi connectivity index (χ1n) is 4.49. The van der Waals surface area contributed by atoms with Crippen LogP contribution in [-0.4, -0.2) is 43.1 Å². The van der Waals surface area contributed by atoms with Crippen molar-refractivity contribution in [1.29, 1.82) is 0 Å². The van der Waals surface area contributed by atoms with Gasteiger partial charge in [-0.2, -0.15) is 0 Å². The van der Waals surface area contributed by atoms with E-state index in [-0.39, 0.29) is 5.54 Å². The molecule has 0 radical (unpaired) electrons. The molecular weight excluding hydrogens is 152 g/mol. The molecule has 68 valence electrons. The number of guanidine groups is 1. The van der Waals surface area contributed by atoms with Crippen LogP contribution in [0.4, 0.5) is 0 Å². The Bertz CT molecular complexity index is 205. The van der Waals surface area contributed by atoms with Gasteiger partial charge in [0.1, 0.15) is 0 Å². The highest BCUT2D eigenvalue weighted by atomic mass is 15.3. The van der Waals surface area contributed by atoms with Crippen molar-refractivity contribution >= 4 is 5.96 Å². The van der Waals surface area contributed by atoms with Gasteiger partial charge >= 0.3 is 0 Å². The number of rotatable bonds is 0. The fourth-order valence-electron chi connectivity index (χ4n) is 2.07. The Morgan fingerprint density at radius 3 is 2.67 bits per heavy atom. The summed E-state index contributed by atoms with van der Waals surface area (Å²) < 4.78 is 0. The van der Waals surface area contributed by atoms with Gasteiger partial charge in [-0.05, 0) is 25.9 Å². The van der Waals surface area contributed by atoms with E-state index < -0.39 is 0 Å². The minimum atomic E-state index is 0.245. The molecule has 0 atom stereocenters. The number of piperidine rings is 1. The Hall–Kier alpha value is -0.770. The van der Waals surface area contributed by atoms with Crippen molar-refractivity contribution in [3.8, 4) is 0 Å². The van der Waals surface area contributed by atoms with Gasteiger partial charge in [0, 0.05) is 7.05 Å². The summed E-state index contributed by atoms with van der Waals surface area (Å²) >= 11 is 0. The summed E-state index contributed by atoms with van der Waals surface area (Å²) in [6.07, 6.45) is 2.32. The van der Waals surface area contributed by atoms with Crippen LogP contribution in [0.2, 0.25) is 0 Å². The highest BCUT2D eigenvalue weighted by Gasteiger charge is 2.40. The number of nitrogens with two attached hydrogens (primary N) is 1. The van der Waals surface area contributed by atoms with Crippen molar-refractivity contribution < 1.29 is 0 Å². The predicted octanol–water partition coefficient (Wildman–Crippen LogP) is -0.631. The molecule has 0 aromatic rings. The topological polar surface area (TPSA) is 53.6 Å². The number of nitrogens with one attached hydrogen (secondary N) is 1. The molecule has 1 saturated heterocycles. The summed E-state index contributed by atoms with van der Waals surface area (Å²) in [4.78, 5) is 6.43. The molecule has 2 aliphatic heterocycles. The standard InChI is InChI=1S/C8H16N4/c1-12-7(9)11-6-8(12)2-4-10-5-3-8/h10H,2-6H2,1H3,(H2,9,11). The number of nitrogens with zero attached hydrogens (tertiary/aromatic N) is 2. The summed E-state index contributed by atoms with van der Waals surface area (Å²) in [5.41, 5.74) is 5.98. The van der Waals surface area contributed by atoms with Gasteiger partial charge in [-0.3, -0.25) is 4.99 Å². The maximum absolute atomic E-state index is 5.74. The van der Waals surface area contributed by atoms with Gasteiger partial charge in [-0.15, -0.1) is 0 Å². The van der Waals surface area contributed by atoms with Gasteiger partial charge in [0.05, 0.1) is 12.1 Å². The van der Waals surface area contributed by atoms with E-state index in [0.29, 0.717) is 5.96 Å². The number of likely N-dealkylation sites (N-methyl/N-ethyl adjacent to an activating group) is 1. The average Bonchev–Trinajstić information content (AvgIpc) is 2.37. The van der Waals surface area contributed by atoms with E-state index in [1.165, 1.54) is 0 Å². The molecule has 0 aromatic heterocycles. The van der Waals surface area contributed by atoms with Crippen molar-refractivity contribution in [3.63, 3.8) is 0 Å². The van der Waals surface area contributed by atoms with E-state index in [0.717, 1.165) is 32.5 Å². The van der Waals surface area contributed by atoms with Gasteiger partial charge in [-0.25, -0.2) is 0 Å². The SMILES string of the molecule is CN1C(N)=NCC12CCNCC2. The molecule has 0 amide bonds. The number of hydrogen-bond donors (Lipinski definition) is 2. The van der Waals surface area contributed by atoms with Crippen molar-refractivity contribution in [2.45, 2.75) is 18.4 Å². The molecule has 2 rings (SSSR count). The first-order valence-corrected chi connectivity index (χ1v) is 4.49. The van der Waals surface area contributed by atoms with Crippen LogP contribution in [-0.2, 0) is 0 Å². The van der Waals surface area contributed by atoms with Crippen LogP contribution in [0, 0.1) is 0 Å². The van der Waals surface area contributed by atoms with E-state index in [2.05, 4.69) is 22.3 Å². The molecule has 0 unspecified atom stereocenters. The van der Waals surface area contributed by atoms with Crippen molar-refractivity contribution in [3.05, 3.63) is 0 Å². The van der Waals surface area contributed by atoms with Gasteiger partial charge in [0.2, 0.25) is 0 Å². The minimum absolute atomic E-state index is 0.245. The van der Waals surface area contributed by atoms with Crippen LogP contribution < -0.4 is 11.1 Å². The predicted molar refractivity (Wildman–Crippen MR) is 49.1 cm³/mol. The van der Waals surface area contributed by atoms with Crippen molar-refractivity contribution in [1.82, 2.24) is 10.2 Å². The molecule has 2 aliphatic rings. The highest BCUT2D eigenvalue weighted by molar-refractivity contribution is 5.80. The lowest BCUT2D eigenvalue weighted by Gasteiger charge is -2.40. The monoisotopic (exact) mass is 168 g/mol. The van der Waals surface area contributed by atoms with Gasteiger partial charge in [-0.1, -0.05) is 0 Å². The molecule has 2 heterocycles. The van der Waals surface area contributed by atoms with Crippen LogP contribution in [0.25, 0.3) is 0 Å². The molecule has 0 bridgehead atoms. The van der Waals surface area contributed by atoms with E-state index in [1.54, 1.807) is 0 Å². The van der Waals surface area contributed by atoms with E-state index in [1.807, 2.05) is 0 Å². The van der Waals surface area contributed by atoms with E-state index in [9.17, 15) is 0 Å². The second-order valence-electron chi connectivity index (χ2n) is 3.71. The van der Waals surface area contributed by atoms with Gasteiger partial charge < -0.3 is 16.0 Å². The molecule has 12 heavy (non-hydrogen) atoms. The smallest absolute Gasteiger partial charge is 0.191 e. The zero-order valence-electron chi connectivity index (χ0n) is 7.51. The van der Waals surface area contributed by atoms with Gasteiger partial charge in [0.25, 0.3) is 0 Å². The second-order valence-corrected chi connectivity index (χ2v) is 3.71. The Labute approximate surface area is 72.8 Å². The molecule has 0 aromatic carbocycles. The van der Waals surface area contributed by atoms with Crippen LogP contribution >= 0.6 is 0 Å². The Balaban J connectivity index is 2.12. The van der Waals surface area contributed by atoms with Crippen LogP contribution in [0.5, 0.6) is 0 Å². The molecule has 1 fully saturated rings. The Morgan fingerprint density at radius 1 is 1.50 bits per heavy atom. The largest absolute Gasteiger partial charge is 0.370 e. The molecule has 4 heteroatoms. The fraction of sp³-hybridized carbons (Fsp3) is 0.875. The molecule has 1 spiro atoms. The number of hydrogen-bond acceptors (Lipinski definition) is 4. The number of aliphatic imine (C=N–C) groups is 1. The minimum Gasteiger partial charge on any atom is -0.370 e. The van der Waals surface area contributed by atoms with Crippen molar-refractivity contribution in [2.24, 2.45) is 10.7 Å².